The third-order valence-electron chi connectivity index (χ3n) is 6.37. The first-order valence-corrected chi connectivity index (χ1v) is 14.4. The molecule has 0 fully saturated rings. The van der Waals surface area contributed by atoms with Gasteiger partial charge in [-0.2, -0.15) is 0 Å². The number of nitrogens with one attached hydrogen (secondary N) is 1. The molecule has 3 rings (SSSR count). The van der Waals surface area contributed by atoms with Crippen LogP contribution in [0.5, 0.6) is 5.75 Å². The van der Waals surface area contributed by atoms with Crippen molar-refractivity contribution >= 4 is 27.5 Å². The molecule has 0 saturated heterocycles. The van der Waals surface area contributed by atoms with Gasteiger partial charge >= 0.3 is 0 Å². The minimum Gasteiger partial charge on any atom is -0.497 e. The number of methoxy groups -OCH3 is 1. The van der Waals surface area contributed by atoms with Crippen molar-refractivity contribution < 1.29 is 22.7 Å². The van der Waals surface area contributed by atoms with Crippen LogP contribution in [0.15, 0.2) is 83.8 Å². The first kappa shape index (κ1) is 29.7. The molecule has 0 spiro atoms. The van der Waals surface area contributed by atoms with Gasteiger partial charge in [-0.15, -0.1) is 0 Å². The number of benzene rings is 3. The van der Waals surface area contributed by atoms with Gasteiger partial charge in [0.25, 0.3) is 10.0 Å². The van der Waals surface area contributed by atoms with E-state index in [-0.39, 0.29) is 29.1 Å². The Labute approximate surface area is 231 Å². The van der Waals surface area contributed by atoms with E-state index in [1.807, 2.05) is 52.0 Å². The second-order valence-electron chi connectivity index (χ2n) is 9.56. The predicted molar refractivity (Wildman–Crippen MR) is 153 cm³/mol. The van der Waals surface area contributed by atoms with E-state index in [2.05, 4.69) is 5.32 Å². The zero-order valence-corrected chi connectivity index (χ0v) is 23.9. The predicted octanol–water partition coefficient (Wildman–Crippen LogP) is 4.53. The van der Waals surface area contributed by atoms with Gasteiger partial charge in [0.05, 0.1) is 17.7 Å². The molecule has 0 aliphatic carbocycles. The van der Waals surface area contributed by atoms with Crippen LogP contribution in [0.2, 0.25) is 0 Å². The molecule has 0 bridgehead atoms. The third-order valence-corrected chi connectivity index (χ3v) is 8.16. The largest absolute Gasteiger partial charge is 0.497 e. The van der Waals surface area contributed by atoms with Crippen LogP contribution in [0, 0.1) is 6.92 Å². The molecule has 3 aromatic rings. The quantitative estimate of drug-likeness (QED) is 0.357. The highest BCUT2D eigenvalue weighted by Crippen LogP contribution is 2.28. The zero-order valence-electron chi connectivity index (χ0n) is 23.1. The Kier molecular flexibility index (Phi) is 10.1. The van der Waals surface area contributed by atoms with Gasteiger partial charge < -0.3 is 15.0 Å². The van der Waals surface area contributed by atoms with E-state index in [4.69, 9.17) is 4.74 Å². The molecule has 0 aliphatic heterocycles. The second kappa shape index (κ2) is 13.3. The van der Waals surface area contributed by atoms with E-state index in [1.54, 1.807) is 42.5 Å². The van der Waals surface area contributed by atoms with Crippen LogP contribution in [0.1, 0.15) is 38.3 Å². The van der Waals surface area contributed by atoms with Crippen molar-refractivity contribution in [1.82, 2.24) is 10.2 Å². The molecule has 1 N–H and O–H groups in total. The van der Waals surface area contributed by atoms with Crippen molar-refractivity contribution in [3.05, 3.63) is 90.0 Å². The molecule has 208 valence electrons. The fraction of sp³-hybridized carbons (Fsp3) is 0.333. The zero-order chi connectivity index (χ0) is 28.6. The molecule has 0 saturated carbocycles. The third kappa shape index (κ3) is 7.38. The maximum atomic E-state index is 14.1. The highest BCUT2D eigenvalue weighted by molar-refractivity contribution is 7.92. The average Bonchev–Trinajstić information content (AvgIpc) is 2.92. The summed E-state index contributed by atoms with van der Waals surface area (Å²) in [5.74, 6) is -0.327. The van der Waals surface area contributed by atoms with Crippen LogP contribution >= 0.6 is 0 Å². The molecule has 9 heteroatoms. The van der Waals surface area contributed by atoms with Crippen LogP contribution < -0.4 is 14.4 Å². The summed E-state index contributed by atoms with van der Waals surface area (Å²) in [7, 11) is -2.64. The monoisotopic (exact) mass is 551 g/mol. The van der Waals surface area contributed by atoms with Gasteiger partial charge in [0, 0.05) is 18.7 Å². The molecule has 0 aliphatic rings. The van der Waals surface area contributed by atoms with Gasteiger partial charge in [0.2, 0.25) is 11.8 Å². The van der Waals surface area contributed by atoms with Crippen molar-refractivity contribution in [3.8, 4) is 5.75 Å². The van der Waals surface area contributed by atoms with Gasteiger partial charge in [0.15, 0.2) is 0 Å². The minimum atomic E-state index is -4.13. The van der Waals surface area contributed by atoms with Crippen molar-refractivity contribution in [2.75, 3.05) is 18.0 Å². The molecule has 8 nitrogen and oxygen atoms in total. The highest BCUT2D eigenvalue weighted by atomic mass is 32.2. The number of hydrogen-bond acceptors (Lipinski definition) is 5. The molecule has 0 radical (unpaired) electrons. The van der Waals surface area contributed by atoms with E-state index in [0.717, 1.165) is 15.4 Å². The van der Waals surface area contributed by atoms with Crippen LogP contribution in [0.25, 0.3) is 0 Å². The Hall–Kier alpha value is -3.85. The molecule has 0 aromatic heterocycles. The number of ether oxygens (including phenoxy) is 1. The molecule has 2 amide bonds. The number of hydrogen-bond donors (Lipinski definition) is 1. The lowest BCUT2D eigenvalue weighted by molar-refractivity contribution is -0.140. The summed E-state index contributed by atoms with van der Waals surface area (Å²) in [5, 5.41) is 2.90. The Bertz CT molecular complexity index is 1380. The number of rotatable bonds is 12. The lowest BCUT2D eigenvalue weighted by atomic mass is 10.1. The summed E-state index contributed by atoms with van der Waals surface area (Å²) in [6.45, 7) is 7.15. The molecule has 0 heterocycles. The summed E-state index contributed by atoms with van der Waals surface area (Å²) in [5.41, 5.74) is 2.12. The van der Waals surface area contributed by atoms with E-state index >= 15 is 0 Å². The summed E-state index contributed by atoms with van der Waals surface area (Å²) in [4.78, 5) is 28.8. The molecular formula is C30H37N3O5S. The molecule has 39 heavy (non-hydrogen) atoms. The Morgan fingerprint density at radius 2 is 1.62 bits per heavy atom. The Balaban J connectivity index is 2.08. The number of carbonyl (C=O) groups excluding carboxylic acids is 2. The number of anilines is 1. The maximum absolute atomic E-state index is 14.1. The topological polar surface area (TPSA) is 96.0 Å². The van der Waals surface area contributed by atoms with Crippen molar-refractivity contribution in [1.29, 1.82) is 0 Å². The highest BCUT2D eigenvalue weighted by Gasteiger charge is 2.34. The van der Waals surface area contributed by atoms with Gasteiger partial charge in [0.1, 0.15) is 18.3 Å². The van der Waals surface area contributed by atoms with Crippen molar-refractivity contribution in [2.45, 2.75) is 57.6 Å². The van der Waals surface area contributed by atoms with Crippen LogP contribution in [0.3, 0.4) is 0 Å². The molecule has 1 unspecified atom stereocenters. The van der Waals surface area contributed by atoms with Gasteiger partial charge in [-0.25, -0.2) is 8.42 Å². The molecular weight excluding hydrogens is 514 g/mol. The average molecular weight is 552 g/mol. The van der Waals surface area contributed by atoms with E-state index in [0.29, 0.717) is 12.2 Å². The standard InChI is InChI=1S/C30H37N3O5S/c1-6-28(30(35)31-22(2)3)32(20-24-14-11-10-13-23(24)4)29(34)21-33(25-15-12-16-26(19-25)38-5)39(36,37)27-17-8-7-9-18-27/h7-19,22,28H,6,20-21H2,1-5H3,(H,31,35). The van der Waals surface area contributed by atoms with E-state index in [9.17, 15) is 18.0 Å². The van der Waals surface area contributed by atoms with Gasteiger partial charge in [-0.3, -0.25) is 13.9 Å². The lowest BCUT2D eigenvalue weighted by Crippen LogP contribution is -2.53. The lowest BCUT2D eigenvalue weighted by Gasteiger charge is -2.34. The fourth-order valence-corrected chi connectivity index (χ4v) is 5.71. The van der Waals surface area contributed by atoms with Gasteiger partial charge in [-0.1, -0.05) is 55.5 Å². The Morgan fingerprint density at radius 3 is 2.23 bits per heavy atom. The van der Waals surface area contributed by atoms with Crippen LogP contribution in [-0.4, -0.2) is 50.9 Å². The normalized spacial score (nSPS) is 12.1. The first-order valence-electron chi connectivity index (χ1n) is 12.9. The first-order chi connectivity index (χ1) is 18.6. The number of amides is 2. The second-order valence-corrected chi connectivity index (χ2v) is 11.4. The SMILES string of the molecule is CCC(C(=O)NC(C)C)N(Cc1ccccc1C)C(=O)CN(c1cccc(OC)c1)S(=O)(=O)c1ccccc1. The summed E-state index contributed by atoms with van der Waals surface area (Å²) < 4.78 is 34.1. The van der Waals surface area contributed by atoms with E-state index in [1.165, 1.54) is 24.1 Å². The van der Waals surface area contributed by atoms with E-state index < -0.39 is 28.5 Å². The number of carbonyl (C=O) groups is 2. The summed E-state index contributed by atoms with van der Waals surface area (Å²) in [6, 6.07) is 21.3. The summed E-state index contributed by atoms with van der Waals surface area (Å²) in [6.07, 6.45) is 0.362. The number of sulfonamides is 1. The van der Waals surface area contributed by atoms with Gasteiger partial charge in [-0.05, 0) is 62.6 Å². The molecule has 3 aromatic carbocycles. The summed E-state index contributed by atoms with van der Waals surface area (Å²) >= 11 is 0. The van der Waals surface area contributed by atoms with Crippen LogP contribution in [-0.2, 0) is 26.2 Å². The fourth-order valence-electron chi connectivity index (χ4n) is 4.29. The maximum Gasteiger partial charge on any atom is 0.264 e. The van der Waals surface area contributed by atoms with Crippen molar-refractivity contribution in [2.24, 2.45) is 0 Å². The van der Waals surface area contributed by atoms with Crippen molar-refractivity contribution in [3.63, 3.8) is 0 Å². The van der Waals surface area contributed by atoms with Crippen LogP contribution in [0.4, 0.5) is 5.69 Å². The number of nitrogens with zero attached hydrogens (tertiary/aromatic N) is 2. The smallest absolute Gasteiger partial charge is 0.264 e. The minimum absolute atomic E-state index is 0.0515. The Morgan fingerprint density at radius 1 is 0.949 bits per heavy atom. The molecule has 1 atom stereocenters. The number of aryl methyl sites for hydroxylation is 1.